The van der Waals surface area contributed by atoms with E-state index in [-0.39, 0.29) is 6.04 Å². The maximum Gasteiger partial charge on any atom is 0.134 e. The third kappa shape index (κ3) is 2.97. The molecule has 1 unspecified atom stereocenters. The quantitative estimate of drug-likeness (QED) is 0.751. The third-order valence-electron chi connectivity index (χ3n) is 4.30. The van der Waals surface area contributed by atoms with Crippen molar-refractivity contribution < 1.29 is 9.15 Å². The molecule has 3 aromatic rings. The maximum atomic E-state index is 6.05. The lowest BCUT2D eigenvalue weighted by atomic mass is 10.1. The Labute approximate surface area is 136 Å². The summed E-state index contributed by atoms with van der Waals surface area (Å²) in [5, 5.41) is 4.62. The molecular weight excluding hydrogens is 290 g/mol. The minimum Gasteiger partial charge on any atom is -0.497 e. The van der Waals surface area contributed by atoms with Gasteiger partial charge < -0.3 is 19.0 Å². The van der Waals surface area contributed by atoms with Crippen molar-refractivity contribution in [3.05, 3.63) is 47.7 Å². The van der Waals surface area contributed by atoms with Crippen LogP contribution in [0.5, 0.6) is 5.75 Å². The molecule has 0 bridgehead atoms. The summed E-state index contributed by atoms with van der Waals surface area (Å²) < 4.78 is 13.5. The fourth-order valence-corrected chi connectivity index (χ4v) is 2.89. The first-order valence-corrected chi connectivity index (χ1v) is 7.93. The van der Waals surface area contributed by atoms with Crippen LogP contribution in [0.2, 0.25) is 0 Å². The van der Waals surface area contributed by atoms with Gasteiger partial charge in [-0.1, -0.05) is 0 Å². The van der Waals surface area contributed by atoms with Gasteiger partial charge in [0.05, 0.1) is 25.2 Å². The monoisotopic (exact) mass is 313 g/mol. The van der Waals surface area contributed by atoms with Crippen LogP contribution in [0.3, 0.4) is 0 Å². The molecule has 0 aliphatic heterocycles. The molecule has 1 aromatic carbocycles. The van der Waals surface area contributed by atoms with Crippen molar-refractivity contribution in [1.82, 2.24) is 14.9 Å². The van der Waals surface area contributed by atoms with E-state index < -0.39 is 0 Å². The number of hydrogen-bond donors (Lipinski definition) is 1. The van der Waals surface area contributed by atoms with E-state index in [1.807, 2.05) is 30.7 Å². The smallest absolute Gasteiger partial charge is 0.134 e. The third-order valence-corrected chi connectivity index (χ3v) is 4.30. The average Bonchev–Trinajstić information content (AvgIpc) is 3.16. The molecule has 0 aliphatic rings. The van der Waals surface area contributed by atoms with E-state index >= 15 is 0 Å². The number of nitrogens with one attached hydrogen (secondary N) is 1. The number of rotatable bonds is 6. The molecule has 5 heteroatoms. The zero-order valence-electron chi connectivity index (χ0n) is 14.1. The highest BCUT2D eigenvalue weighted by Gasteiger charge is 2.17. The average molecular weight is 313 g/mol. The largest absolute Gasteiger partial charge is 0.497 e. The van der Waals surface area contributed by atoms with Gasteiger partial charge in [-0.15, -0.1) is 0 Å². The van der Waals surface area contributed by atoms with Gasteiger partial charge in [0.15, 0.2) is 0 Å². The normalized spacial score (nSPS) is 12.7. The summed E-state index contributed by atoms with van der Waals surface area (Å²) in [4.78, 5) is 4.20. The fourth-order valence-electron chi connectivity index (χ4n) is 2.89. The van der Waals surface area contributed by atoms with Crippen molar-refractivity contribution in [2.75, 3.05) is 7.11 Å². The molecule has 122 valence electrons. The van der Waals surface area contributed by atoms with Gasteiger partial charge in [0, 0.05) is 30.2 Å². The van der Waals surface area contributed by atoms with Gasteiger partial charge in [0.2, 0.25) is 0 Å². The fraction of sp³-hybridized carbons (Fsp3) is 0.389. The minimum absolute atomic E-state index is 0.119. The number of aromatic nitrogens is 2. The van der Waals surface area contributed by atoms with Crippen LogP contribution in [0, 0.1) is 6.92 Å². The molecule has 5 nitrogen and oxygen atoms in total. The van der Waals surface area contributed by atoms with Gasteiger partial charge in [-0.2, -0.15) is 0 Å². The molecule has 0 radical (unpaired) electrons. The Hall–Kier alpha value is -2.27. The maximum absolute atomic E-state index is 6.05. The first-order chi connectivity index (χ1) is 11.1. The minimum atomic E-state index is 0.119. The number of methoxy groups -OCH3 is 1. The Morgan fingerprint density at radius 2 is 2.22 bits per heavy atom. The second-order valence-corrected chi connectivity index (χ2v) is 5.73. The molecule has 0 saturated carbocycles. The van der Waals surface area contributed by atoms with E-state index in [0.29, 0.717) is 0 Å². The predicted octanol–water partition coefficient (Wildman–Crippen LogP) is 3.82. The van der Waals surface area contributed by atoms with Crippen LogP contribution in [-0.2, 0) is 13.1 Å². The predicted molar refractivity (Wildman–Crippen MR) is 90.7 cm³/mol. The lowest BCUT2D eigenvalue weighted by molar-refractivity contribution is 0.415. The Balaban J connectivity index is 1.80. The summed E-state index contributed by atoms with van der Waals surface area (Å²) in [5.74, 6) is 1.82. The van der Waals surface area contributed by atoms with E-state index in [9.17, 15) is 0 Å². The Morgan fingerprint density at radius 3 is 2.96 bits per heavy atom. The first kappa shape index (κ1) is 15.6. The number of hydrogen-bond acceptors (Lipinski definition) is 4. The Bertz CT molecular complexity index is 804. The van der Waals surface area contributed by atoms with E-state index in [0.717, 1.165) is 41.1 Å². The number of ether oxygens (including phenoxy) is 1. The molecule has 0 saturated heterocycles. The molecule has 0 aliphatic carbocycles. The van der Waals surface area contributed by atoms with Gasteiger partial charge in [0.25, 0.3) is 0 Å². The van der Waals surface area contributed by atoms with Crippen LogP contribution < -0.4 is 10.1 Å². The van der Waals surface area contributed by atoms with E-state index in [4.69, 9.17) is 9.15 Å². The molecule has 0 amide bonds. The summed E-state index contributed by atoms with van der Waals surface area (Å²) in [6.45, 7) is 8.01. The molecule has 23 heavy (non-hydrogen) atoms. The lowest BCUT2D eigenvalue weighted by Crippen LogP contribution is -2.20. The van der Waals surface area contributed by atoms with Gasteiger partial charge in [-0.3, -0.25) is 0 Å². The first-order valence-electron chi connectivity index (χ1n) is 7.93. The topological polar surface area (TPSA) is 52.2 Å². The molecule has 2 aromatic heterocycles. The summed E-state index contributed by atoms with van der Waals surface area (Å²) >= 11 is 0. The summed E-state index contributed by atoms with van der Waals surface area (Å²) in [5.41, 5.74) is 3.23. The molecule has 3 rings (SSSR count). The van der Waals surface area contributed by atoms with Crippen molar-refractivity contribution in [3.63, 3.8) is 0 Å². The van der Waals surface area contributed by atoms with Crippen LogP contribution in [-0.4, -0.2) is 16.7 Å². The molecule has 1 atom stereocenters. The molecule has 2 heterocycles. The second-order valence-electron chi connectivity index (χ2n) is 5.73. The summed E-state index contributed by atoms with van der Waals surface area (Å²) in [7, 11) is 1.68. The van der Waals surface area contributed by atoms with E-state index in [2.05, 4.69) is 35.6 Å². The second kappa shape index (κ2) is 6.46. The SMILES string of the molecule is CCn1cncc1CNC(C)c1oc2ccc(OC)cc2c1C. The van der Waals surface area contributed by atoms with Crippen molar-refractivity contribution in [3.8, 4) is 5.75 Å². The Morgan fingerprint density at radius 1 is 1.39 bits per heavy atom. The number of fused-ring (bicyclic) bond motifs is 1. The van der Waals surface area contributed by atoms with Gasteiger partial charge >= 0.3 is 0 Å². The zero-order valence-corrected chi connectivity index (χ0v) is 14.1. The van der Waals surface area contributed by atoms with Crippen LogP contribution in [0.1, 0.15) is 36.9 Å². The number of imidazole rings is 1. The highest BCUT2D eigenvalue weighted by molar-refractivity contribution is 5.83. The molecular formula is C18H23N3O2. The number of benzene rings is 1. The van der Waals surface area contributed by atoms with Crippen LogP contribution in [0.25, 0.3) is 11.0 Å². The van der Waals surface area contributed by atoms with E-state index in [1.54, 1.807) is 7.11 Å². The lowest BCUT2D eigenvalue weighted by Gasteiger charge is -2.13. The summed E-state index contributed by atoms with van der Waals surface area (Å²) in [6, 6.07) is 6.03. The highest BCUT2D eigenvalue weighted by atomic mass is 16.5. The van der Waals surface area contributed by atoms with Crippen LogP contribution in [0.15, 0.2) is 35.1 Å². The van der Waals surface area contributed by atoms with Crippen LogP contribution in [0.4, 0.5) is 0 Å². The van der Waals surface area contributed by atoms with Crippen molar-refractivity contribution in [1.29, 1.82) is 0 Å². The number of furan rings is 1. The molecule has 0 fully saturated rings. The number of nitrogens with zero attached hydrogens (tertiary/aromatic N) is 2. The van der Waals surface area contributed by atoms with Crippen LogP contribution >= 0.6 is 0 Å². The summed E-state index contributed by atoms with van der Waals surface area (Å²) in [6.07, 6.45) is 3.76. The standard InChI is InChI=1S/C18H23N3O2/c1-5-21-11-19-9-14(21)10-20-13(3)18-12(2)16-8-15(22-4)6-7-17(16)23-18/h6-9,11,13,20H,5,10H2,1-4H3. The zero-order chi connectivity index (χ0) is 16.4. The molecule has 1 N–H and O–H groups in total. The van der Waals surface area contributed by atoms with Gasteiger partial charge in [0.1, 0.15) is 17.1 Å². The van der Waals surface area contributed by atoms with Crippen molar-refractivity contribution in [2.24, 2.45) is 0 Å². The van der Waals surface area contributed by atoms with Crippen molar-refractivity contribution in [2.45, 2.75) is 39.9 Å². The van der Waals surface area contributed by atoms with Crippen molar-refractivity contribution >= 4 is 11.0 Å². The van der Waals surface area contributed by atoms with Gasteiger partial charge in [-0.05, 0) is 39.0 Å². The van der Waals surface area contributed by atoms with Gasteiger partial charge in [-0.25, -0.2) is 4.98 Å². The molecule has 0 spiro atoms. The number of aryl methyl sites for hydroxylation is 2. The Kier molecular flexibility index (Phi) is 4.39. The highest BCUT2D eigenvalue weighted by Crippen LogP contribution is 2.31. The van der Waals surface area contributed by atoms with E-state index in [1.165, 1.54) is 5.69 Å².